The minimum absolute atomic E-state index is 0.0789. The molecule has 1 amide bonds. The van der Waals surface area contributed by atoms with Crippen LogP contribution in [0.25, 0.3) is 6.08 Å². The number of ether oxygens (including phenoxy) is 2. The largest absolute Gasteiger partial charge is 0.497 e. The number of rotatable bonds is 10. The van der Waals surface area contributed by atoms with Gasteiger partial charge in [0, 0.05) is 18.2 Å². The zero-order valence-electron chi connectivity index (χ0n) is 14.7. The molecule has 0 saturated heterocycles. The average Bonchev–Trinajstić information content (AvgIpc) is 2.59. The molecule has 0 fully saturated rings. The summed E-state index contributed by atoms with van der Waals surface area (Å²) in [7, 11) is 3.22. The van der Waals surface area contributed by atoms with E-state index in [1.807, 2.05) is 18.2 Å². The number of hydrogen-bond donors (Lipinski definition) is 1. The number of carbonyl (C=O) groups is 1. The van der Waals surface area contributed by atoms with E-state index in [0.29, 0.717) is 11.7 Å². The van der Waals surface area contributed by atoms with Crippen molar-refractivity contribution in [2.45, 2.75) is 39.5 Å². The second kappa shape index (κ2) is 10.7. The predicted molar refractivity (Wildman–Crippen MR) is 94.9 cm³/mol. The Morgan fingerprint density at radius 3 is 2.65 bits per heavy atom. The Bertz CT molecular complexity index is 511. The van der Waals surface area contributed by atoms with Crippen LogP contribution in [0, 0.1) is 5.92 Å². The Morgan fingerprint density at radius 2 is 2.04 bits per heavy atom. The number of carbonyl (C=O) groups excluding carboxylic acids is 1. The van der Waals surface area contributed by atoms with Crippen molar-refractivity contribution in [3.05, 3.63) is 29.8 Å². The van der Waals surface area contributed by atoms with Gasteiger partial charge in [-0.2, -0.15) is 0 Å². The molecule has 0 aromatic heterocycles. The predicted octanol–water partition coefficient (Wildman–Crippen LogP) is 4.05. The molecule has 1 unspecified atom stereocenters. The van der Waals surface area contributed by atoms with Gasteiger partial charge in [-0.05, 0) is 36.6 Å². The minimum atomic E-state index is -0.0789. The van der Waals surface area contributed by atoms with E-state index in [1.165, 1.54) is 19.3 Å². The third-order valence-corrected chi connectivity index (χ3v) is 3.96. The molecule has 1 rings (SSSR count). The molecule has 0 saturated carbocycles. The van der Waals surface area contributed by atoms with Gasteiger partial charge in [-0.1, -0.05) is 33.1 Å². The van der Waals surface area contributed by atoms with Crippen LogP contribution < -0.4 is 14.8 Å². The maximum atomic E-state index is 12.0. The molecule has 128 valence electrons. The summed E-state index contributed by atoms with van der Waals surface area (Å²) >= 11 is 0. The van der Waals surface area contributed by atoms with Crippen LogP contribution in [-0.2, 0) is 4.79 Å². The molecule has 1 aromatic carbocycles. The maximum absolute atomic E-state index is 12.0. The second-order valence-electron chi connectivity index (χ2n) is 5.60. The highest BCUT2D eigenvalue weighted by atomic mass is 16.5. The Balaban J connectivity index is 2.60. The highest BCUT2D eigenvalue weighted by Gasteiger charge is 2.07. The summed E-state index contributed by atoms with van der Waals surface area (Å²) in [5.41, 5.74) is 0.819. The van der Waals surface area contributed by atoms with Crippen molar-refractivity contribution in [2.24, 2.45) is 5.92 Å². The number of methoxy groups -OCH3 is 2. The van der Waals surface area contributed by atoms with Gasteiger partial charge in [0.2, 0.25) is 5.91 Å². The average molecular weight is 319 g/mol. The number of unbranched alkanes of at least 4 members (excludes halogenated alkanes) is 1. The maximum Gasteiger partial charge on any atom is 0.244 e. The van der Waals surface area contributed by atoms with Gasteiger partial charge in [0.25, 0.3) is 0 Å². The summed E-state index contributed by atoms with van der Waals surface area (Å²) in [5, 5.41) is 2.98. The van der Waals surface area contributed by atoms with Crippen LogP contribution in [0.15, 0.2) is 24.3 Å². The molecule has 0 spiro atoms. The number of hydrogen-bond acceptors (Lipinski definition) is 3. The van der Waals surface area contributed by atoms with Crippen LogP contribution >= 0.6 is 0 Å². The molecule has 0 radical (unpaired) electrons. The van der Waals surface area contributed by atoms with E-state index in [1.54, 1.807) is 26.4 Å². The highest BCUT2D eigenvalue weighted by molar-refractivity contribution is 5.92. The van der Waals surface area contributed by atoms with Crippen LogP contribution in [0.4, 0.5) is 0 Å². The van der Waals surface area contributed by atoms with E-state index in [-0.39, 0.29) is 5.91 Å². The molecule has 1 atom stereocenters. The van der Waals surface area contributed by atoms with Crippen molar-refractivity contribution < 1.29 is 14.3 Å². The van der Waals surface area contributed by atoms with Gasteiger partial charge >= 0.3 is 0 Å². The molecule has 0 aliphatic heterocycles. The summed E-state index contributed by atoms with van der Waals surface area (Å²) in [5.74, 6) is 1.92. The molecule has 1 aromatic rings. The molecular formula is C19H29NO3. The van der Waals surface area contributed by atoms with Gasteiger partial charge in [0.05, 0.1) is 14.2 Å². The molecular weight excluding hydrogens is 290 g/mol. The number of amides is 1. The Kier molecular flexibility index (Phi) is 8.88. The summed E-state index contributed by atoms with van der Waals surface area (Å²) in [4.78, 5) is 12.0. The van der Waals surface area contributed by atoms with Crippen LogP contribution in [0.3, 0.4) is 0 Å². The fourth-order valence-electron chi connectivity index (χ4n) is 2.38. The quantitative estimate of drug-likeness (QED) is 0.662. The second-order valence-corrected chi connectivity index (χ2v) is 5.60. The lowest BCUT2D eigenvalue weighted by atomic mass is 9.99. The zero-order chi connectivity index (χ0) is 17.1. The summed E-state index contributed by atoms with van der Waals surface area (Å²) in [6.45, 7) is 5.09. The summed E-state index contributed by atoms with van der Waals surface area (Å²) in [6.07, 6.45) is 7.97. The van der Waals surface area contributed by atoms with E-state index < -0.39 is 0 Å². The smallest absolute Gasteiger partial charge is 0.244 e. The van der Waals surface area contributed by atoms with E-state index >= 15 is 0 Å². The number of benzene rings is 1. The summed E-state index contributed by atoms with van der Waals surface area (Å²) < 4.78 is 10.5. The van der Waals surface area contributed by atoms with E-state index in [9.17, 15) is 4.79 Å². The lowest BCUT2D eigenvalue weighted by Crippen LogP contribution is -2.27. The van der Waals surface area contributed by atoms with Gasteiger partial charge in [-0.15, -0.1) is 0 Å². The Labute approximate surface area is 139 Å². The van der Waals surface area contributed by atoms with Crippen LogP contribution in [-0.4, -0.2) is 26.7 Å². The van der Waals surface area contributed by atoms with E-state index in [0.717, 1.165) is 24.3 Å². The molecule has 4 heteroatoms. The van der Waals surface area contributed by atoms with Crippen molar-refractivity contribution in [1.82, 2.24) is 5.32 Å². The lowest BCUT2D eigenvalue weighted by molar-refractivity contribution is -0.116. The molecule has 0 heterocycles. The first kappa shape index (κ1) is 19.1. The van der Waals surface area contributed by atoms with Crippen LogP contribution in [0.5, 0.6) is 11.5 Å². The fourth-order valence-corrected chi connectivity index (χ4v) is 2.38. The molecule has 0 bridgehead atoms. The molecule has 0 aliphatic carbocycles. The van der Waals surface area contributed by atoms with Crippen molar-refractivity contribution >= 4 is 12.0 Å². The van der Waals surface area contributed by atoms with E-state index in [2.05, 4.69) is 19.2 Å². The first-order valence-electron chi connectivity index (χ1n) is 8.32. The van der Waals surface area contributed by atoms with Crippen molar-refractivity contribution in [1.29, 1.82) is 0 Å². The topological polar surface area (TPSA) is 47.6 Å². The monoisotopic (exact) mass is 319 g/mol. The minimum Gasteiger partial charge on any atom is -0.497 e. The third-order valence-electron chi connectivity index (χ3n) is 3.96. The van der Waals surface area contributed by atoms with Gasteiger partial charge in [0.1, 0.15) is 11.5 Å². The zero-order valence-corrected chi connectivity index (χ0v) is 14.7. The molecule has 0 aliphatic rings. The van der Waals surface area contributed by atoms with Gasteiger partial charge in [-0.25, -0.2) is 0 Å². The molecule has 4 nitrogen and oxygen atoms in total. The Morgan fingerprint density at radius 1 is 1.26 bits per heavy atom. The highest BCUT2D eigenvalue weighted by Crippen LogP contribution is 2.25. The van der Waals surface area contributed by atoms with Crippen molar-refractivity contribution in [2.75, 3.05) is 20.8 Å². The van der Waals surface area contributed by atoms with E-state index in [4.69, 9.17) is 9.47 Å². The molecule has 1 N–H and O–H groups in total. The number of nitrogens with one attached hydrogen (secondary N) is 1. The third kappa shape index (κ3) is 6.76. The molecule has 23 heavy (non-hydrogen) atoms. The van der Waals surface area contributed by atoms with Crippen molar-refractivity contribution in [3.8, 4) is 11.5 Å². The van der Waals surface area contributed by atoms with Crippen molar-refractivity contribution in [3.63, 3.8) is 0 Å². The van der Waals surface area contributed by atoms with Crippen LogP contribution in [0.1, 0.15) is 45.1 Å². The van der Waals surface area contributed by atoms with Gasteiger partial charge < -0.3 is 14.8 Å². The first-order chi connectivity index (χ1) is 11.1. The fraction of sp³-hybridized carbons (Fsp3) is 0.526. The van der Waals surface area contributed by atoms with Gasteiger partial charge in [0.15, 0.2) is 0 Å². The lowest BCUT2D eigenvalue weighted by Gasteiger charge is -2.14. The Hall–Kier alpha value is -1.97. The van der Waals surface area contributed by atoms with Gasteiger partial charge in [-0.3, -0.25) is 4.79 Å². The summed E-state index contributed by atoms with van der Waals surface area (Å²) in [6, 6.07) is 5.50. The van der Waals surface area contributed by atoms with Crippen LogP contribution in [0.2, 0.25) is 0 Å². The standard InChI is InChI=1S/C19H29NO3/c1-5-7-8-15(6-2)14-20-19(21)12-9-16-13-17(22-3)10-11-18(16)23-4/h9-13,15H,5-8,14H2,1-4H3,(H,20,21)/b12-9+. The normalized spacial score (nSPS) is 12.2. The first-order valence-corrected chi connectivity index (χ1v) is 8.32. The SMILES string of the molecule is CCCCC(CC)CNC(=O)/C=C/c1cc(OC)ccc1OC.